The average molecular weight is 270 g/mol. The van der Waals surface area contributed by atoms with E-state index in [-0.39, 0.29) is 6.03 Å². The van der Waals surface area contributed by atoms with Gasteiger partial charge in [-0.15, -0.1) is 0 Å². The second-order valence-corrected chi connectivity index (χ2v) is 4.96. The molecule has 1 heterocycles. The van der Waals surface area contributed by atoms with Gasteiger partial charge < -0.3 is 15.7 Å². The Hall–Kier alpha value is -1.56. The van der Waals surface area contributed by atoms with Gasteiger partial charge in [0.2, 0.25) is 0 Å². The van der Waals surface area contributed by atoms with Crippen LogP contribution in [-0.4, -0.2) is 23.7 Å². The van der Waals surface area contributed by atoms with E-state index in [9.17, 15) is 9.59 Å². The Balaban J connectivity index is 2.19. The zero-order valence-electron chi connectivity index (χ0n) is 10.5. The summed E-state index contributed by atoms with van der Waals surface area (Å²) in [5.74, 6) is -1.28. The van der Waals surface area contributed by atoms with Crippen molar-refractivity contribution in [3.63, 3.8) is 0 Å². The molecule has 0 bridgehead atoms. The van der Waals surface area contributed by atoms with Crippen LogP contribution in [0.5, 0.6) is 0 Å². The highest BCUT2D eigenvalue weighted by atomic mass is 32.1. The molecule has 5 nitrogen and oxygen atoms in total. The lowest BCUT2D eigenvalue weighted by molar-refractivity contribution is -0.141. The van der Waals surface area contributed by atoms with E-state index in [2.05, 4.69) is 10.6 Å². The standard InChI is InChI=1S/C12H18N2O3S/c1-8(11(15)16)3-4-13-12(17)14-5-10-7-18-6-9(10)2/h6-8H,3-5H2,1-2H3,(H,15,16)(H2,13,14,17). The van der Waals surface area contributed by atoms with Crippen molar-refractivity contribution < 1.29 is 14.7 Å². The van der Waals surface area contributed by atoms with Gasteiger partial charge in [-0.2, -0.15) is 11.3 Å². The van der Waals surface area contributed by atoms with Gasteiger partial charge in [0.25, 0.3) is 0 Å². The minimum atomic E-state index is -0.842. The van der Waals surface area contributed by atoms with E-state index >= 15 is 0 Å². The van der Waals surface area contributed by atoms with Gasteiger partial charge in [-0.25, -0.2) is 4.79 Å². The van der Waals surface area contributed by atoms with Gasteiger partial charge >= 0.3 is 12.0 Å². The van der Waals surface area contributed by atoms with Crippen LogP contribution in [0.2, 0.25) is 0 Å². The molecule has 3 N–H and O–H groups in total. The number of urea groups is 1. The number of amides is 2. The van der Waals surface area contributed by atoms with Crippen molar-refractivity contribution in [2.24, 2.45) is 5.92 Å². The number of thiophene rings is 1. The lowest BCUT2D eigenvalue weighted by Crippen LogP contribution is -2.36. The van der Waals surface area contributed by atoms with Crippen molar-refractivity contribution in [2.75, 3.05) is 6.54 Å². The molecule has 6 heteroatoms. The first-order chi connectivity index (χ1) is 8.50. The predicted molar refractivity (Wildman–Crippen MR) is 70.7 cm³/mol. The summed E-state index contributed by atoms with van der Waals surface area (Å²) in [6.07, 6.45) is 0.431. The van der Waals surface area contributed by atoms with E-state index in [1.807, 2.05) is 17.7 Å². The molecule has 2 amide bonds. The van der Waals surface area contributed by atoms with Gasteiger partial charge in [0, 0.05) is 13.1 Å². The molecule has 0 saturated carbocycles. The molecule has 0 radical (unpaired) electrons. The van der Waals surface area contributed by atoms with Gasteiger partial charge in [0.05, 0.1) is 5.92 Å². The predicted octanol–water partition coefficient (Wildman–Crippen LogP) is 1.97. The summed E-state index contributed by atoms with van der Waals surface area (Å²) < 4.78 is 0. The topological polar surface area (TPSA) is 78.4 Å². The summed E-state index contributed by atoms with van der Waals surface area (Å²) in [5, 5.41) is 18.1. The summed E-state index contributed by atoms with van der Waals surface area (Å²) in [6.45, 7) is 4.48. The van der Waals surface area contributed by atoms with Crippen LogP contribution in [0.25, 0.3) is 0 Å². The number of hydrogen-bond acceptors (Lipinski definition) is 3. The smallest absolute Gasteiger partial charge is 0.315 e. The fourth-order valence-corrected chi connectivity index (χ4v) is 2.19. The van der Waals surface area contributed by atoms with Crippen molar-refractivity contribution in [1.82, 2.24) is 10.6 Å². The Morgan fingerprint density at radius 2 is 2.11 bits per heavy atom. The third-order valence-corrected chi connectivity index (χ3v) is 3.60. The SMILES string of the molecule is Cc1cscc1CNC(=O)NCCC(C)C(=O)O. The van der Waals surface area contributed by atoms with Gasteiger partial charge in [0.15, 0.2) is 0 Å². The summed E-state index contributed by atoms with van der Waals surface area (Å²) in [4.78, 5) is 22.0. The van der Waals surface area contributed by atoms with Crippen molar-refractivity contribution in [3.05, 3.63) is 21.9 Å². The highest BCUT2D eigenvalue weighted by molar-refractivity contribution is 7.08. The van der Waals surface area contributed by atoms with Gasteiger partial charge in [-0.1, -0.05) is 6.92 Å². The zero-order chi connectivity index (χ0) is 13.5. The highest BCUT2D eigenvalue weighted by Crippen LogP contribution is 2.12. The first kappa shape index (κ1) is 14.5. The molecule has 0 spiro atoms. The number of aliphatic carboxylic acids is 1. The van der Waals surface area contributed by atoms with Crippen LogP contribution >= 0.6 is 11.3 Å². The van der Waals surface area contributed by atoms with Gasteiger partial charge in [-0.3, -0.25) is 4.79 Å². The Kier molecular flexibility index (Phi) is 5.64. The minimum Gasteiger partial charge on any atom is -0.481 e. The third-order valence-electron chi connectivity index (χ3n) is 2.69. The second kappa shape index (κ2) is 7.00. The van der Waals surface area contributed by atoms with Crippen molar-refractivity contribution >= 4 is 23.3 Å². The fraction of sp³-hybridized carbons (Fsp3) is 0.500. The quantitative estimate of drug-likeness (QED) is 0.739. The molecule has 0 aliphatic heterocycles. The lowest BCUT2D eigenvalue weighted by Gasteiger charge is -2.09. The van der Waals surface area contributed by atoms with Crippen LogP contribution < -0.4 is 10.6 Å². The Labute approximate surface area is 110 Å². The summed E-state index contributed by atoms with van der Waals surface area (Å²) in [6, 6.07) is -0.266. The first-order valence-electron chi connectivity index (χ1n) is 5.77. The fourth-order valence-electron chi connectivity index (χ4n) is 1.33. The number of carbonyl (C=O) groups is 2. The molecular weight excluding hydrogens is 252 g/mol. The first-order valence-corrected chi connectivity index (χ1v) is 6.71. The molecule has 100 valence electrons. The maximum atomic E-state index is 11.4. The number of nitrogens with one attached hydrogen (secondary N) is 2. The van der Waals surface area contributed by atoms with Crippen LogP contribution in [0, 0.1) is 12.8 Å². The summed E-state index contributed by atoms with van der Waals surface area (Å²) >= 11 is 1.61. The van der Waals surface area contributed by atoms with Crippen LogP contribution in [0.15, 0.2) is 10.8 Å². The maximum absolute atomic E-state index is 11.4. The molecule has 1 unspecified atom stereocenters. The second-order valence-electron chi connectivity index (χ2n) is 4.22. The molecule has 0 aliphatic rings. The van der Waals surface area contributed by atoms with Crippen LogP contribution in [0.3, 0.4) is 0 Å². The van der Waals surface area contributed by atoms with Crippen molar-refractivity contribution in [3.8, 4) is 0 Å². The zero-order valence-corrected chi connectivity index (χ0v) is 11.3. The molecule has 0 fully saturated rings. The Morgan fingerprint density at radius 1 is 1.39 bits per heavy atom. The number of hydrogen-bond donors (Lipinski definition) is 3. The molecule has 0 aliphatic carbocycles. The van der Waals surface area contributed by atoms with Gasteiger partial charge in [0.1, 0.15) is 0 Å². The number of rotatable bonds is 6. The van der Waals surface area contributed by atoms with E-state index in [0.29, 0.717) is 19.5 Å². The highest BCUT2D eigenvalue weighted by Gasteiger charge is 2.10. The lowest BCUT2D eigenvalue weighted by atomic mass is 10.1. The molecule has 0 aromatic carbocycles. The molecule has 1 aromatic heterocycles. The number of carboxylic acid groups (broad SMARTS) is 1. The summed E-state index contributed by atoms with van der Waals surface area (Å²) in [7, 11) is 0. The molecule has 18 heavy (non-hydrogen) atoms. The third kappa shape index (κ3) is 4.75. The Morgan fingerprint density at radius 3 is 2.67 bits per heavy atom. The van der Waals surface area contributed by atoms with Crippen molar-refractivity contribution in [2.45, 2.75) is 26.8 Å². The minimum absolute atomic E-state index is 0.266. The van der Waals surface area contributed by atoms with Crippen LogP contribution in [0.1, 0.15) is 24.5 Å². The molecule has 1 rings (SSSR count). The molecular formula is C12H18N2O3S. The number of aryl methyl sites for hydroxylation is 1. The van der Waals surface area contributed by atoms with E-state index in [4.69, 9.17) is 5.11 Å². The summed E-state index contributed by atoms with van der Waals surface area (Å²) in [5.41, 5.74) is 2.27. The number of carboxylic acids is 1. The normalized spacial score (nSPS) is 11.9. The van der Waals surface area contributed by atoms with Crippen LogP contribution in [0.4, 0.5) is 4.79 Å². The van der Waals surface area contributed by atoms with E-state index in [1.165, 1.54) is 5.56 Å². The van der Waals surface area contributed by atoms with E-state index < -0.39 is 11.9 Å². The Bertz CT molecular complexity index is 417. The molecule has 1 aromatic rings. The maximum Gasteiger partial charge on any atom is 0.315 e. The number of carbonyl (C=O) groups excluding carboxylic acids is 1. The monoisotopic (exact) mass is 270 g/mol. The van der Waals surface area contributed by atoms with Crippen molar-refractivity contribution in [1.29, 1.82) is 0 Å². The van der Waals surface area contributed by atoms with E-state index in [1.54, 1.807) is 18.3 Å². The van der Waals surface area contributed by atoms with Gasteiger partial charge in [-0.05, 0) is 35.2 Å². The largest absolute Gasteiger partial charge is 0.481 e. The molecule has 0 saturated heterocycles. The molecule has 1 atom stereocenters. The van der Waals surface area contributed by atoms with E-state index in [0.717, 1.165) is 5.56 Å². The van der Waals surface area contributed by atoms with Crippen LogP contribution in [-0.2, 0) is 11.3 Å². The average Bonchev–Trinajstić information content (AvgIpc) is 2.72.